The Balaban J connectivity index is 1.50. The van der Waals surface area contributed by atoms with E-state index in [0.717, 1.165) is 17.7 Å². The zero-order valence-corrected chi connectivity index (χ0v) is 15.2. The molecule has 2 amide bonds. The first-order valence-corrected chi connectivity index (χ1v) is 8.96. The highest BCUT2D eigenvalue weighted by molar-refractivity contribution is 5.96. The molecule has 1 aliphatic rings. The molecule has 1 unspecified atom stereocenters. The van der Waals surface area contributed by atoms with Crippen molar-refractivity contribution >= 4 is 23.5 Å². The first-order chi connectivity index (χ1) is 13.0. The number of esters is 1. The van der Waals surface area contributed by atoms with E-state index in [2.05, 4.69) is 5.32 Å². The Morgan fingerprint density at radius 1 is 1.11 bits per heavy atom. The summed E-state index contributed by atoms with van der Waals surface area (Å²) >= 11 is 0. The molecule has 2 aromatic rings. The highest BCUT2D eigenvalue weighted by atomic mass is 16.5. The smallest absolute Gasteiger partial charge is 0.338 e. The van der Waals surface area contributed by atoms with Gasteiger partial charge < -0.3 is 15.0 Å². The molecular weight excluding hydrogens is 344 g/mol. The summed E-state index contributed by atoms with van der Waals surface area (Å²) < 4.78 is 5.08. The lowest BCUT2D eigenvalue weighted by molar-refractivity contribution is -0.124. The molecule has 1 heterocycles. The summed E-state index contributed by atoms with van der Waals surface area (Å²) in [5.41, 5.74) is 2.09. The summed E-state index contributed by atoms with van der Waals surface area (Å²) in [5.74, 6) is -0.842. The van der Waals surface area contributed by atoms with E-state index in [-0.39, 0.29) is 24.5 Å². The highest BCUT2D eigenvalue weighted by Gasteiger charge is 2.22. The Morgan fingerprint density at radius 2 is 1.81 bits per heavy atom. The fourth-order valence-electron chi connectivity index (χ4n) is 3.02. The lowest BCUT2D eigenvalue weighted by Gasteiger charge is -2.16. The standard InChI is InChI=1S/C21H22N2O4/c1-15(16-6-3-2-4-7-16)22-19(24)14-27-21(26)17-9-11-18(12-10-17)23-13-5-8-20(23)25/h2-4,6-7,9-12,15H,5,8,13-14H2,1H3,(H,22,24). The van der Waals surface area contributed by atoms with E-state index in [1.807, 2.05) is 37.3 Å². The van der Waals surface area contributed by atoms with Crippen LogP contribution in [0.25, 0.3) is 0 Å². The molecule has 0 aromatic heterocycles. The third-order valence-corrected chi connectivity index (χ3v) is 4.50. The Kier molecular flexibility index (Phi) is 5.86. The molecule has 3 rings (SSSR count). The van der Waals surface area contributed by atoms with E-state index in [9.17, 15) is 14.4 Å². The van der Waals surface area contributed by atoms with Crippen LogP contribution in [-0.2, 0) is 14.3 Å². The minimum absolute atomic E-state index is 0.0922. The van der Waals surface area contributed by atoms with Gasteiger partial charge in [-0.05, 0) is 43.2 Å². The second-order valence-corrected chi connectivity index (χ2v) is 6.47. The van der Waals surface area contributed by atoms with E-state index in [1.165, 1.54) is 0 Å². The van der Waals surface area contributed by atoms with Crippen molar-refractivity contribution in [2.45, 2.75) is 25.8 Å². The van der Waals surface area contributed by atoms with Gasteiger partial charge >= 0.3 is 5.97 Å². The van der Waals surface area contributed by atoms with E-state index >= 15 is 0 Å². The van der Waals surface area contributed by atoms with Gasteiger partial charge in [0.05, 0.1) is 11.6 Å². The van der Waals surface area contributed by atoms with Gasteiger partial charge in [0.2, 0.25) is 5.91 Å². The van der Waals surface area contributed by atoms with Gasteiger partial charge in [-0.25, -0.2) is 4.79 Å². The van der Waals surface area contributed by atoms with Crippen molar-refractivity contribution in [3.63, 3.8) is 0 Å². The molecule has 1 atom stereocenters. The Labute approximate surface area is 158 Å². The zero-order valence-electron chi connectivity index (χ0n) is 15.2. The van der Waals surface area contributed by atoms with Gasteiger partial charge in [0.25, 0.3) is 5.91 Å². The van der Waals surface area contributed by atoms with Gasteiger partial charge in [-0.3, -0.25) is 9.59 Å². The van der Waals surface area contributed by atoms with Crippen LogP contribution < -0.4 is 10.2 Å². The monoisotopic (exact) mass is 366 g/mol. The maximum Gasteiger partial charge on any atom is 0.338 e. The number of benzene rings is 2. The summed E-state index contributed by atoms with van der Waals surface area (Å²) in [6, 6.07) is 16.0. The molecule has 0 aliphatic carbocycles. The molecule has 2 aromatic carbocycles. The largest absolute Gasteiger partial charge is 0.452 e. The fourth-order valence-corrected chi connectivity index (χ4v) is 3.02. The van der Waals surface area contributed by atoms with E-state index in [0.29, 0.717) is 18.5 Å². The van der Waals surface area contributed by atoms with Crippen LogP contribution in [0.3, 0.4) is 0 Å². The van der Waals surface area contributed by atoms with Crippen LogP contribution in [0.2, 0.25) is 0 Å². The second kappa shape index (κ2) is 8.49. The van der Waals surface area contributed by atoms with Gasteiger partial charge in [-0.15, -0.1) is 0 Å². The van der Waals surface area contributed by atoms with E-state index in [4.69, 9.17) is 4.74 Å². The molecule has 6 heteroatoms. The Bertz CT molecular complexity index is 818. The molecule has 0 spiro atoms. The minimum atomic E-state index is -0.572. The van der Waals surface area contributed by atoms with Gasteiger partial charge in [-0.2, -0.15) is 0 Å². The van der Waals surface area contributed by atoms with Crippen molar-refractivity contribution in [2.24, 2.45) is 0 Å². The zero-order chi connectivity index (χ0) is 19.2. The molecule has 1 saturated heterocycles. The number of hydrogen-bond donors (Lipinski definition) is 1. The summed E-state index contributed by atoms with van der Waals surface area (Å²) in [7, 11) is 0. The van der Waals surface area contributed by atoms with Gasteiger partial charge in [0.1, 0.15) is 0 Å². The second-order valence-electron chi connectivity index (χ2n) is 6.47. The average Bonchev–Trinajstić information content (AvgIpc) is 3.13. The third kappa shape index (κ3) is 4.73. The van der Waals surface area contributed by atoms with Crippen LogP contribution in [0, 0.1) is 0 Å². The fraction of sp³-hybridized carbons (Fsp3) is 0.286. The van der Waals surface area contributed by atoms with Gasteiger partial charge in [-0.1, -0.05) is 30.3 Å². The van der Waals surface area contributed by atoms with Crippen LogP contribution in [-0.4, -0.2) is 30.9 Å². The van der Waals surface area contributed by atoms with Crippen molar-refractivity contribution in [3.05, 3.63) is 65.7 Å². The first-order valence-electron chi connectivity index (χ1n) is 8.96. The van der Waals surface area contributed by atoms with Crippen LogP contribution in [0.15, 0.2) is 54.6 Å². The van der Waals surface area contributed by atoms with Crippen LogP contribution in [0.5, 0.6) is 0 Å². The maximum absolute atomic E-state index is 12.1. The lowest BCUT2D eigenvalue weighted by atomic mass is 10.1. The molecule has 1 aliphatic heterocycles. The molecule has 27 heavy (non-hydrogen) atoms. The summed E-state index contributed by atoms with van der Waals surface area (Å²) in [6.07, 6.45) is 1.40. The Hall–Kier alpha value is -3.15. The topological polar surface area (TPSA) is 75.7 Å². The maximum atomic E-state index is 12.1. The van der Waals surface area contributed by atoms with Crippen molar-refractivity contribution in [2.75, 3.05) is 18.1 Å². The quantitative estimate of drug-likeness (QED) is 0.798. The molecular formula is C21H22N2O4. The minimum Gasteiger partial charge on any atom is -0.452 e. The van der Waals surface area contributed by atoms with Crippen molar-refractivity contribution < 1.29 is 19.1 Å². The molecule has 0 saturated carbocycles. The summed E-state index contributed by atoms with van der Waals surface area (Å²) in [6.45, 7) is 2.22. The lowest BCUT2D eigenvalue weighted by Crippen LogP contribution is -2.31. The van der Waals surface area contributed by atoms with Gasteiger partial charge in [0.15, 0.2) is 6.61 Å². The number of hydrogen-bond acceptors (Lipinski definition) is 4. The number of nitrogens with one attached hydrogen (secondary N) is 1. The number of rotatable bonds is 6. The third-order valence-electron chi connectivity index (χ3n) is 4.50. The SMILES string of the molecule is CC(NC(=O)COC(=O)c1ccc(N2CCCC2=O)cc1)c1ccccc1. The number of ether oxygens (including phenoxy) is 1. The molecule has 1 N–H and O–H groups in total. The molecule has 0 bridgehead atoms. The molecule has 0 radical (unpaired) electrons. The van der Waals surface area contributed by atoms with Crippen LogP contribution in [0.1, 0.15) is 41.7 Å². The van der Waals surface area contributed by atoms with Crippen molar-refractivity contribution in [3.8, 4) is 0 Å². The number of amides is 2. The Morgan fingerprint density at radius 3 is 2.44 bits per heavy atom. The number of anilines is 1. The summed E-state index contributed by atoms with van der Waals surface area (Å²) in [5, 5.41) is 2.79. The van der Waals surface area contributed by atoms with Crippen LogP contribution in [0.4, 0.5) is 5.69 Å². The number of nitrogens with zero attached hydrogens (tertiary/aromatic N) is 1. The molecule has 1 fully saturated rings. The molecule has 6 nitrogen and oxygen atoms in total. The predicted molar refractivity (Wildman–Crippen MR) is 101 cm³/mol. The van der Waals surface area contributed by atoms with Crippen LogP contribution >= 0.6 is 0 Å². The number of carbonyl (C=O) groups is 3. The average molecular weight is 366 g/mol. The molecule has 140 valence electrons. The normalized spacial score (nSPS) is 14.7. The summed E-state index contributed by atoms with van der Waals surface area (Å²) in [4.78, 5) is 37.6. The van der Waals surface area contributed by atoms with Crippen molar-refractivity contribution in [1.29, 1.82) is 0 Å². The highest BCUT2D eigenvalue weighted by Crippen LogP contribution is 2.21. The number of carbonyl (C=O) groups excluding carboxylic acids is 3. The van der Waals surface area contributed by atoms with Gasteiger partial charge in [0, 0.05) is 18.7 Å². The van der Waals surface area contributed by atoms with E-state index < -0.39 is 5.97 Å². The van der Waals surface area contributed by atoms with E-state index in [1.54, 1.807) is 29.2 Å². The first kappa shape index (κ1) is 18.6. The predicted octanol–water partition coefficient (Wildman–Crippen LogP) is 2.85. The van der Waals surface area contributed by atoms with Crippen molar-refractivity contribution in [1.82, 2.24) is 5.32 Å².